The lowest BCUT2D eigenvalue weighted by atomic mass is 10.1. The van der Waals surface area contributed by atoms with Crippen molar-refractivity contribution in [2.75, 3.05) is 26.2 Å². The highest BCUT2D eigenvalue weighted by atomic mass is 19.4. The van der Waals surface area contributed by atoms with Crippen molar-refractivity contribution in [3.63, 3.8) is 0 Å². The molecule has 0 bridgehead atoms. The number of carbonyl (C=O) groups is 1. The highest BCUT2D eigenvalue weighted by molar-refractivity contribution is 5.94. The van der Waals surface area contributed by atoms with Gasteiger partial charge in [0.05, 0.1) is 17.2 Å². The SMILES string of the molecule is CC(c1nc(-c2cccc(C(F)(F)F)c2)no1)N1CCN(C(=O)c2cc(F)ccc2F)CC1. The Labute approximate surface area is 185 Å². The van der Waals surface area contributed by atoms with Crippen LogP contribution in [-0.2, 0) is 6.18 Å². The molecule has 1 aliphatic heterocycles. The molecule has 4 rings (SSSR count). The van der Waals surface area contributed by atoms with Crippen molar-refractivity contribution < 1.29 is 31.3 Å². The summed E-state index contributed by atoms with van der Waals surface area (Å²) in [6, 6.07) is 7.03. The molecule has 2 aromatic carbocycles. The second-order valence-corrected chi connectivity index (χ2v) is 7.66. The Kier molecular flexibility index (Phi) is 6.15. The van der Waals surface area contributed by atoms with Crippen LogP contribution in [0.5, 0.6) is 0 Å². The molecule has 1 unspecified atom stereocenters. The fourth-order valence-electron chi connectivity index (χ4n) is 3.66. The van der Waals surface area contributed by atoms with Crippen LogP contribution >= 0.6 is 0 Å². The molecule has 1 amide bonds. The summed E-state index contributed by atoms with van der Waals surface area (Å²) < 4.78 is 71.5. The first-order chi connectivity index (χ1) is 15.6. The fraction of sp³-hybridized carbons (Fsp3) is 0.318. The number of aromatic nitrogens is 2. The quantitative estimate of drug-likeness (QED) is 0.528. The van der Waals surface area contributed by atoms with Crippen molar-refractivity contribution in [2.24, 2.45) is 0 Å². The van der Waals surface area contributed by atoms with Gasteiger partial charge >= 0.3 is 6.18 Å². The van der Waals surface area contributed by atoms with Crippen LogP contribution in [0.3, 0.4) is 0 Å². The van der Waals surface area contributed by atoms with E-state index in [0.717, 1.165) is 30.3 Å². The van der Waals surface area contributed by atoms with Crippen molar-refractivity contribution in [2.45, 2.75) is 19.1 Å². The van der Waals surface area contributed by atoms with Gasteiger partial charge < -0.3 is 9.42 Å². The van der Waals surface area contributed by atoms with Gasteiger partial charge in [0, 0.05) is 31.7 Å². The zero-order valence-corrected chi connectivity index (χ0v) is 17.4. The van der Waals surface area contributed by atoms with Gasteiger partial charge in [-0.3, -0.25) is 9.69 Å². The number of alkyl halides is 3. The predicted octanol–water partition coefficient (Wildman–Crippen LogP) is 4.55. The van der Waals surface area contributed by atoms with Gasteiger partial charge in [-0.15, -0.1) is 0 Å². The molecule has 0 saturated carbocycles. The normalized spacial score (nSPS) is 16.1. The Balaban J connectivity index is 1.42. The van der Waals surface area contributed by atoms with Crippen LogP contribution in [-0.4, -0.2) is 52.0 Å². The van der Waals surface area contributed by atoms with Crippen molar-refractivity contribution >= 4 is 5.91 Å². The summed E-state index contributed by atoms with van der Waals surface area (Å²) in [6.45, 7) is 3.16. The first-order valence-electron chi connectivity index (χ1n) is 10.1. The van der Waals surface area contributed by atoms with Crippen molar-refractivity contribution in [3.8, 4) is 11.4 Å². The molecule has 1 fully saturated rings. The summed E-state index contributed by atoms with van der Waals surface area (Å²) in [5, 5.41) is 3.80. The molecular weight excluding hydrogens is 447 g/mol. The summed E-state index contributed by atoms with van der Waals surface area (Å²) in [5.74, 6) is -1.81. The van der Waals surface area contributed by atoms with Gasteiger partial charge in [0.25, 0.3) is 5.91 Å². The summed E-state index contributed by atoms with van der Waals surface area (Å²) in [4.78, 5) is 20.2. The Hall–Kier alpha value is -3.34. The molecule has 1 atom stereocenters. The molecule has 174 valence electrons. The van der Waals surface area contributed by atoms with Crippen LogP contribution in [0.4, 0.5) is 22.0 Å². The minimum absolute atomic E-state index is 0.0401. The van der Waals surface area contributed by atoms with Gasteiger partial charge in [-0.25, -0.2) is 8.78 Å². The van der Waals surface area contributed by atoms with Gasteiger partial charge in [0.2, 0.25) is 11.7 Å². The van der Waals surface area contributed by atoms with E-state index in [1.165, 1.54) is 17.0 Å². The van der Waals surface area contributed by atoms with Gasteiger partial charge in [-0.1, -0.05) is 17.3 Å². The number of nitrogens with zero attached hydrogens (tertiary/aromatic N) is 4. The van der Waals surface area contributed by atoms with E-state index < -0.39 is 29.3 Å². The van der Waals surface area contributed by atoms with Crippen LogP contribution in [0.25, 0.3) is 11.4 Å². The second-order valence-electron chi connectivity index (χ2n) is 7.66. The van der Waals surface area contributed by atoms with Crippen LogP contribution in [0.1, 0.15) is 34.8 Å². The largest absolute Gasteiger partial charge is 0.416 e. The maximum atomic E-state index is 13.9. The fourth-order valence-corrected chi connectivity index (χ4v) is 3.66. The molecule has 1 aliphatic rings. The highest BCUT2D eigenvalue weighted by Crippen LogP contribution is 2.32. The number of hydrogen-bond acceptors (Lipinski definition) is 5. The van der Waals surface area contributed by atoms with E-state index in [9.17, 15) is 26.7 Å². The Morgan fingerprint density at radius 2 is 1.79 bits per heavy atom. The minimum Gasteiger partial charge on any atom is -0.337 e. The lowest BCUT2D eigenvalue weighted by Gasteiger charge is -2.36. The molecule has 0 spiro atoms. The number of amides is 1. The summed E-state index contributed by atoms with van der Waals surface area (Å²) >= 11 is 0. The molecule has 0 N–H and O–H groups in total. The molecule has 6 nitrogen and oxygen atoms in total. The molecule has 11 heteroatoms. The molecule has 0 radical (unpaired) electrons. The Morgan fingerprint density at radius 3 is 2.48 bits per heavy atom. The molecule has 2 heterocycles. The van der Waals surface area contributed by atoms with Crippen molar-refractivity contribution in [3.05, 3.63) is 71.1 Å². The van der Waals surface area contributed by atoms with Crippen LogP contribution in [0.2, 0.25) is 0 Å². The first-order valence-corrected chi connectivity index (χ1v) is 10.1. The van der Waals surface area contributed by atoms with Crippen molar-refractivity contribution in [1.82, 2.24) is 19.9 Å². The minimum atomic E-state index is -4.48. The molecule has 0 aliphatic carbocycles. The van der Waals surface area contributed by atoms with Gasteiger partial charge in [0.15, 0.2) is 0 Å². The molecule has 3 aromatic rings. The topological polar surface area (TPSA) is 62.5 Å². The zero-order chi connectivity index (χ0) is 23.8. The van der Waals surface area contributed by atoms with E-state index in [0.29, 0.717) is 13.1 Å². The Bertz CT molecular complexity index is 1160. The molecular formula is C22H19F5N4O2. The maximum absolute atomic E-state index is 13.9. The third kappa shape index (κ3) is 4.87. The lowest BCUT2D eigenvalue weighted by molar-refractivity contribution is -0.137. The first kappa shape index (κ1) is 22.8. The molecule has 1 aromatic heterocycles. The van der Waals surface area contributed by atoms with Crippen LogP contribution in [0.15, 0.2) is 47.0 Å². The Morgan fingerprint density at radius 1 is 1.06 bits per heavy atom. The summed E-state index contributed by atoms with van der Waals surface area (Å²) in [7, 11) is 0. The smallest absolute Gasteiger partial charge is 0.337 e. The van der Waals surface area contributed by atoms with Crippen LogP contribution in [0, 0.1) is 11.6 Å². The second kappa shape index (κ2) is 8.89. The summed E-state index contributed by atoms with van der Waals surface area (Å²) in [5.41, 5.74) is -0.950. The van der Waals surface area contributed by atoms with E-state index in [1.807, 2.05) is 4.90 Å². The molecule has 1 saturated heterocycles. The molecule has 33 heavy (non-hydrogen) atoms. The van der Waals surface area contributed by atoms with Crippen LogP contribution < -0.4 is 0 Å². The third-order valence-electron chi connectivity index (χ3n) is 5.56. The van der Waals surface area contributed by atoms with E-state index in [4.69, 9.17) is 4.52 Å². The van der Waals surface area contributed by atoms with E-state index in [-0.39, 0.29) is 42.0 Å². The lowest BCUT2D eigenvalue weighted by Crippen LogP contribution is -2.49. The number of piperazine rings is 1. The van der Waals surface area contributed by atoms with Gasteiger partial charge in [0.1, 0.15) is 11.6 Å². The van der Waals surface area contributed by atoms with E-state index >= 15 is 0 Å². The van der Waals surface area contributed by atoms with Gasteiger partial charge in [-0.2, -0.15) is 18.2 Å². The van der Waals surface area contributed by atoms with E-state index in [1.54, 1.807) is 6.92 Å². The number of rotatable bonds is 4. The summed E-state index contributed by atoms with van der Waals surface area (Å²) in [6.07, 6.45) is -4.48. The highest BCUT2D eigenvalue weighted by Gasteiger charge is 2.32. The average Bonchev–Trinajstić information content (AvgIpc) is 3.30. The predicted molar refractivity (Wildman–Crippen MR) is 107 cm³/mol. The zero-order valence-electron chi connectivity index (χ0n) is 17.4. The van der Waals surface area contributed by atoms with Crippen molar-refractivity contribution in [1.29, 1.82) is 0 Å². The number of carbonyl (C=O) groups excluding carboxylic acids is 1. The standard InChI is InChI=1S/C22H19F5N4O2/c1-13(20-28-19(29-33-20)14-3-2-4-15(11-14)22(25,26)27)30-7-9-31(10-8-30)21(32)17-12-16(23)5-6-18(17)24/h2-6,11-13H,7-10H2,1H3. The number of hydrogen-bond donors (Lipinski definition) is 0. The monoisotopic (exact) mass is 466 g/mol. The maximum Gasteiger partial charge on any atom is 0.416 e. The van der Waals surface area contributed by atoms with E-state index in [2.05, 4.69) is 10.1 Å². The average molecular weight is 466 g/mol. The number of halogens is 5. The van der Waals surface area contributed by atoms with Gasteiger partial charge in [-0.05, 0) is 37.3 Å². The third-order valence-corrected chi connectivity index (χ3v) is 5.56. The number of benzene rings is 2.